The van der Waals surface area contributed by atoms with Crippen molar-refractivity contribution in [1.82, 2.24) is 0 Å². The SMILES string of the molecule is CC(C)OP(=O)(OC(C)C)C(=O)C[C@H](c1ccccc1)[C@H]1C=CC(=O)O1. The van der Waals surface area contributed by atoms with Gasteiger partial charge in [-0.3, -0.25) is 9.36 Å². The quantitative estimate of drug-likeness (QED) is 0.472. The summed E-state index contributed by atoms with van der Waals surface area (Å²) in [6.45, 7) is 6.78. The van der Waals surface area contributed by atoms with E-state index in [2.05, 4.69) is 0 Å². The number of benzene rings is 1. The van der Waals surface area contributed by atoms with Crippen LogP contribution < -0.4 is 0 Å². The highest BCUT2D eigenvalue weighted by Crippen LogP contribution is 2.53. The molecule has 0 N–H and O–H groups in total. The topological polar surface area (TPSA) is 78.9 Å². The zero-order valence-electron chi connectivity index (χ0n) is 15.5. The molecule has 0 saturated carbocycles. The molecule has 1 aromatic carbocycles. The van der Waals surface area contributed by atoms with Crippen molar-refractivity contribution in [2.75, 3.05) is 0 Å². The van der Waals surface area contributed by atoms with E-state index in [0.717, 1.165) is 5.56 Å². The van der Waals surface area contributed by atoms with Gasteiger partial charge < -0.3 is 13.8 Å². The molecule has 1 aliphatic heterocycles. The van der Waals surface area contributed by atoms with Crippen molar-refractivity contribution >= 4 is 19.1 Å². The monoisotopic (exact) mass is 380 g/mol. The van der Waals surface area contributed by atoms with Gasteiger partial charge in [-0.2, -0.15) is 0 Å². The van der Waals surface area contributed by atoms with Crippen molar-refractivity contribution in [3.8, 4) is 0 Å². The highest BCUT2D eigenvalue weighted by molar-refractivity contribution is 7.71. The fraction of sp³-hybridized carbons (Fsp3) is 0.474. The minimum atomic E-state index is -3.96. The van der Waals surface area contributed by atoms with Gasteiger partial charge in [0.05, 0.1) is 12.2 Å². The van der Waals surface area contributed by atoms with Crippen molar-refractivity contribution < 1.29 is 27.9 Å². The van der Waals surface area contributed by atoms with Crippen LogP contribution in [0.4, 0.5) is 0 Å². The van der Waals surface area contributed by atoms with Crippen molar-refractivity contribution in [1.29, 1.82) is 0 Å². The first kappa shape index (κ1) is 20.6. The Morgan fingerprint density at radius 1 is 1.12 bits per heavy atom. The largest absolute Gasteiger partial charge is 0.454 e. The average Bonchev–Trinajstić information content (AvgIpc) is 2.97. The first-order valence-electron chi connectivity index (χ1n) is 8.65. The summed E-state index contributed by atoms with van der Waals surface area (Å²) >= 11 is 0. The van der Waals surface area contributed by atoms with Gasteiger partial charge >= 0.3 is 13.6 Å². The fourth-order valence-electron chi connectivity index (χ4n) is 2.72. The second kappa shape index (κ2) is 8.76. The molecule has 2 rings (SSSR count). The zero-order valence-corrected chi connectivity index (χ0v) is 16.3. The Balaban J connectivity index is 2.28. The second-order valence-electron chi connectivity index (χ2n) is 6.68. The van der Waals surface area contributed by atoms with E-state index >= 15 is 0 Å². The van der Waals surface area contributed by atoms with Gasteiger partial charge in [0.25, 0.3) is 0 Å². The summed E-state index contributed by atoms with van der Waals surface area (Å²) in [4.78, 5) is 24.3. The van der Waals surface area contributed by atoms with E-state index in [0.29, 0.717) is 0 Å². The Hall–Kier alpha value is -1.75. The Kier molecular flexibility index (Phi) is 6.93. The molecule has 0 aromatic heterocycles. The number of carbonyl (C=O) groups excluding carboxylic acids is 2. The van der Waals surface area contributed by atoms with Crippen LogP contribution in [0.25, 0.3) is 0 Å². The molecule has 0 saturated heterocycles. The van der Waals surface area contributed by atoms with Crippen LogP contribution in [0.2, 0.25) is 0 Å². The average molecular weight is 380 g/mol. The number of rotatable bonds is 9. The minimum Gasteiger partial charge on any atom is -0.454 e. The Morgan fingerprint density at radius 3 is 2.15 bits per heavy atom. The number of hydrogen-bond donors (Lipinski definition) is 0. The molecule has 0 aliphatic carbocycles. The van der Waals surface area contributed by atoms with Gasteiger partial charge in [-0.1, -0.05) is 30.3 Å². The van der Waals surface area contributed by atoms with Gasteiger partial charge in [0.1, 0.15) is 6.10 Å². The third-order valence-electron chi connectivity index (χ3n) is 3.70. The maximum atomic E-state index is 13.1. The van der Waals surface area contributed by atoms with Gasteiger partial charge in [0.15, 0.2) is 0 Å². The lowest BCUT2D eigenvalue weighted by Crippen LogP contribution is -2.23. The van der Waals surface area contributed by atoms with E-state index in [1.54, 1.807) is 33.8 Å². The maximum Gasteiger partial charge on any atom is 0.397 e. The van der Waals surface area contributed by atoms with Gasteiger partial charge in [-0.25, -0.2) is 4.79 Å². The smallest absolute Gasteiger partial charge is 0.397 e. The van der Waals surface area contributed by atoms with Crippen LogP contribution in [-0.2, 0) is 27.9 Å². The molecule has 0 radical (unpaired) electrons. The predicted octanol–water partition coefficient (Wildman–Crippen LogP) is 4.21. The summed E-state index contributed by atoms with van der Waals surface area (Å²) in [6, 6.07) is 9.21. The summed E-state index contributed by atoms with van der Waals surface area (Å²) in [5.74, 6) is -0.922. The van der Waals surface area contributed by atoms with Crippen LogP contribution in [0, 0.1) is 0 Å². The molecule has 0 fully saturated rings. The molecule has 6 nitrogen and oxygen atoms in total. The van der Waals surface area contributed by atoms with Crippen LogP contribution in [0.3, 0.4) is 0 Å². The number of carbonyl (C=O) groups is 2. The van der Waals surface area contributed by atoms with Crippen molar-refractivity contribution in [3.05, 3.63) is 48.0 Å². The van der Waals surface area contributed by atoms with E-state index in [-0.39, 0.29) is 6.42 Å². The molecule has 2 atom stereocenters. The minimum absolute atomic E-state index is 0.122. The van der Waals surface area contributed by atoms with E-state index in [1.165, 1.54) is 6.08 Å². The van der Waals surface area contributed by atoms with Gasteiger partial charge in [-0.15, -0.1) is 0 Å². The lowest BCUT2D eigenvalue weighted by Gasteiger charge is -2.25. The molecule has 26 heavy (non-hydrogen) atoms. The number of ether oxygens (including phenoxy) is 1. The molecular formula is C19H25O6P. The van der Waals surface area contributed by atoms with Crippen LogP contribution in [0.1, 0.15) is 45.6 Å². The lowest BCUT2D eigenvalue weighted by molar-refractivity contribution is -0.139. The van der Waals surface area contributed by atoms with Gasteiger partial charge in [0, 0.05) is 18.4 Å². The normalized spacial score (nSPS) is 18.4. The maximum absolute atomic E-state index is 13.1. The Morgan fingerprint density at radius 2 is 1.69 bits per heavy atom. The summed E-state index contributed by atoms with van der Waals surface area (Å²) in [6.07, 6.45) is 1.37. The molecule has 0 unspecified atom stereocenters. The first-order chi connectivity index (χ1) is 12.2. The molecule has 1 heterocycles. The van der Waals surface area contributed by atoms with Crippen LogP contribution >= 0.6 is 7.60 Å². The fourth-order valence-corrected chi connectivity index (χ4v) is 4.54. The van der Waals surface area contributed by atoms with E-state index in [1.807, 2.05) is 30.3 Å². The predicted molar refractivity (Wildman–Crippen MR) is 97.9 cm³/mol. The number of hydrogen-bond acceptors (Lipinski definition) is 6. The molecule has 0 bridgehead atoms. The summed E-state index contributed by atoms with van der Waals surface area (Å²) in [5.41, 5.74) is 0.191. The molecule has 1 aromatic rings. The van der Waals surface area contributed by atoms with Crippen LogP contribution in [-0.4, -0.2) is 29.8 Å². The molecule has 7 heteroatoms. The molecule has 0 amide bonds. The first-order valence-corrected chi connectivity index (χ1v) is 10.2. The number of cyclic esters (lactones) is 1. The van der Waals surface area contributed by atoms with E-state index in [9.17, 15) is 14.2 Å². The van der Waals surface area contributed by atoms with Crippen molar-refractivity contribution in [2.24, 2.45) is 0 Å². The summed E-state index contributed by atoms with van der Waals surface area (Å²) in [7, 11) is -3.96. The van der Waals surface area contributed by atoms with E-state index < -0.39 is 43.3 Å². The summed E-state index contributed by atoms with van der Waals surface area (Å²) < 4.78 is 29.1. The van der Waals surface area contributed by atoms with E-state index in [4.69, 9.17) is 13.8 Å². The third kappa shape index (κ3) is 5.37. The van der Waals surface area contributed by atoms with Gasteiger partial charge in [0.2, 0.25) is 5.52 Å². The highest BCUT2D eigenvalue weighted by atomic mass is 31.2. The lowest BCUT2D eigenvalue weighted by atomic mass is 9.91. The number of esters is 1. The molecule has 0 spiro atoms. The molecular weight excluding hydrogens is 355 g/mol. The zero-order chi connectivity index (χ0) is 19.3. The standard InChI is InChI=1S/C19H25O6P/c1-13(2)24-26(22,25-14(3)4)19(21)12-16(15-8-6-5-7-9-15)17-10-11-18(20)23-17/h5-11,13-14,16-17H,12H2,1-4H3/t16-,17-/m1/s1. The Labute approximate surface area is 154 Å². The molecule has 1 aliphatic rings. The van der Waals surface area contributed by atoms with Crippen molar-refractivity contribution in [3.63, 3.8) is 0 Å². The van der Waals surface area contributed by atoms with Gasteiger partial charge in [-0.05, 0) is 39.3 Å². The third-order valence-corrected chi connectivity index (χ3v) is 5.89. The molecule has 142 valence electrons. The Bertz CT molecular complexity index is 696. The second-order valence-corrected chi connectivity index (χ2v) is 8.60. The van der Waals surface area contributed by atoms with Crippen molar-refractivity contribution in [2.45, 2.75) is 58.3 Å². The van der Waals surface area contributed by atoms with Crippen LogP contribution in [0.5, 0.6) is 0 Å². The summed E-state index contributed by atoms with van der Waals surface area (Å²) in [5, 5.41) is 0. The highest BCUT2D eigenvalue weighted by Gasteiger charge is 2.40. The van der Waals surface area contributed by atoms with Crippen LogP contribution in [0.15, 0.2) is 42.5 Å².